The number of benzene rings is 2. The highest BCUT2D eigenvalue weighted by molar-refractivity contribution is 6.31. The number of unbranched alkanes of at least 4 members (excludes halogenated alkanes) is 2. The van der Waals surface area contributed by atoms with Gasteiger partial charge in [-0.05, 0) is 48.7 Å². The smallest absolute Gasteiger partial charge is 0.273 e. The lowest BCUT2D eigenvalue weighted by atomic mass is 9.95. The van der Waals surface area contributed by atoms with Crippen molar-refractivity contribution in [2.45, 2.75) is 39.2 Å². The van der Waals surface area contributed by atoms with E-state index in [1.807, 2.05) is 36.1 Å². The van der Waals surface area contributed by atoms with Crippen molar-refractivity contribution in [3.05, 3.63) is 68.8 Å². The van der Waals surface area contributed by atoms with Crippen LogP contribution in [0, 0.1) is 6.92 Å². The largest absolute Gasteiger partial charge is 0.507 e. The maximum atomic E-state index is 13.2. The highest BCUT2D eigenvalue weighted by Crippen LogP contribution is 2.45. The Hall–Kier alpha value is -2.50. The Balaban J connectivity index is 1.87. The van der Waals surface area contributed by atoms with Gasteiger partial charge in [0.1, 0.15) is 17.1 Å². The van der Waals surface area contributed by atoms with Crippen LogP contribution < -0.4 is 0 Å². The Morgan fingerprint density at radius 1 is 1.20 bits per heavy atom. The van der Waals surface area contributed by atoms with Crippen molar-refractivity contribution in [2.24, 2.45) is 0 Å². The number of hydrogen-bond acceptors (Lipinski definition) is 3. The zero-order valence-electron chi connectivity index (χ0n) is 16.9. The number of amides is 1. The van der Waals surface area contributed by atoms with E-state index < -0.39 is 0 Å². The fourth-order valence-electron chi connectivity index (χ4n) is 4.04. The Labute approximate surface area is 185 Å². The van der Waals surface area contributed by atoms with Crippen LogP contribution in [-0.2, 0) is 0 Å². The van der Waals surface area contributed by atoms with E-state index in [0.29, 0.717) is 33.5 Å². The van der Waals surface area contributed by atoms with Gasteiger partial charge in [-0.2, -0.15) is 5.10 Å². The number of fused-ring (bicyclic) bond motifs is 1. The number of hydrogen-bond donors (Lipinski definition) is 2. The SMILES string of the molecule is CCCCCN1C(=O)c2[nH]nc(-c3cc(Cl)c(C)cc3O)c2C1c1cccc(Cl)c1. The second-order valence-corrected chi connectivity index (χ2v) is 8.49. The Morgan fingerprint density at radius 3 is 2.73 bits per heavy atom. The van der Waals surface area contributed by atoms with E-state index >= 15 is 0 Å². The quantitative estimate of drug-likeness (QED) is 0.449. The van der Waals surface area contributed by atoms with Crippen LogP contribution in [0.5, 0.6) is 5.75 Å². The zero-order valence-corrected chi connectivity index (χ0v) is 18.4. The van der Waals surface area contributed by atoms with E-state index in [1.165, 1.54) is 0 Å². The number of carbonyl (C=O) groups is 1. The van der Waals surface area contributed by atoms with Crippen LogP contribution in [0.25, 0.3) is 11.3 Å². The van der Waals surface area contributed by atoms with Crippen LogP contribution in [0.4, 0.5) is 0 Å². The van der Waals surface area contributed by atoms with E-state index in [4.69, 9.17) is 23.2 Å². The molecule has 0 radical (unpaired) electrons. The second-order valence-electron chi connectivity index (χ2n) is 7.64. The van der Waals surface area contributed by atoms with Gasteiger partial charge in [0.15, 0.2) is 0 Å². The monoisotopic (exact) mass is 443 g/mol. The summed E-state index contributed by atoms with van der Waals surface area (Å²) in [7, 11) is 0. The van der Waals surface area contributed by atoms with Crippen molar-refractivity contribution >= 4 is 29.1 Å². The van der Waals surface area contributed by atoms with Gasteiger partial charge < -0.3 is 10.0 Å². The fraction of sp³-hybridized carbons (Fsp3) is 0.304. The van der Waals surface area contributed by atoms with Crippen LogP contribution in [0.3, 0.4) is 0 Å². The minimum absolute atomic E-state index is 0.0768. The van der Waals surface area contributed by atoms with E-state index in [0.717, 1.165) is 36.0 Å². The maximum Gasteiger partial charge on any atom is 0.273 e. The number of phenolic OH excluding ortho intramolecular Hbond substituents is 1. The minimum Gasteiger partial charge on any atom is -0.507 e. The van der Waals surface area contributed by atoms with Gasteiger partial charge in [-0.15, -0.1) is 0 Å². The van der Waals surface area contributed by atoms with Crippen LogP contribution in [0.2, 0.25) is 10.0 Å². The summed E-state index contributed by atoms with van der Waals surface area (Å²) in [6, 6.07) is 10.5. The van der Waals surface area contributed by atoms with E-state index in [1.54, 1.807) is 12.1 Å². The normalized spacial score (nSPS) is 15.7. The second kappa shape index (κ2) is 8.32. The molecule has 30 heavy (non-hydrogen) atoms. The van der Waals surface area contributed by atoms with Gasteiger partial charge in [0.05, 0.1) is 6.04 Å². The molecule has 0 spiro atoms. The van der Waals surface area contributed by atoms with Gasteiger partial charge in [-0.25, -0.2) is 0 Å². The fourth-order valence-corrected chi connectivity index (χ4v) is 4.41. The molecule has 1 unspecified atom stereocenters. The third-order valence-corrected chi connectivity index (χ3v) is 6.21. The number of aromatic nitrogens is 2. The summed E-state index contributed by atoms with van der Waals surface area (Å²) in [5.41, 5.74) is 3.90. The third-order valence-electron chi connectivity index (χ3n) is 5.56. The van der Waals surface area contributed by atoms with Gasteiger partial charge in [0.25, 0.3) is 5.91 Å². The molecule has 1 atom stereocenters. The van der Waals surface area contributed by atoms with Crippen molar-refractivity contribution in [2.75, 3.05) is 6.54 Å². The molecule has 1 aromatic heterocycles. The highest BCUT2D eigenvalue weighted by atomic mass is 35.5. The van der Waals surface area contributed by atoms with Crippen molar-refractivity contribution in [1.82, 2.24) is 15.1 Å². The summed E-state index contributed by atoms with van der Waals surface area (Å²) in [6.07, 6.45) is 3.02. The molecule has 0 aliphatic carbocycles. The standard InChI is InChI=1S/C23H23Cl2N3O2/c1-3-4-5-9-28-22(14-7-6-8-15(24)11-14)19-20(26-27-21(19)23(28)30)16-12-17(25)13(2)10-18(16)29/h6-8,10-12,22,29H,3-5,9H2,1-2H3,(H,26,27). The number of aromatic hydroxyl groups is 1. The molecule has 1 amide bonds. The van der Waals surface area contributed by atoms with Crippen molar-refractivity contribution in [3.63, 3.8) is 0 Å². The van der Waals surface area contributed by atoms with Crippen LogP contribution >= 0.6 is 23.2 Å². The molecular formula is C23H23Cl2N3O2. The number of aryl methyl sites for hydroxylation is 1. The molecule has 4 rings (SSSR count). The predicted octanol–water partition coefficient (Wildman–Crippen LogP) is 6.13. The summed E-state index contributed by atoms with van der Waals surface area (Å²) >= 11 is 12.6. The molecule has 5 nitrogen and oxygen atoms in total. The van der Waals surface area contributed by atoms with Crippen molar-refractivity contribution in [3.8, 4) is 17.0 Å². The Kier molecular flexibility index (Phi) is 5.76. The lowest BCUT2D eigenvalue weighted by Gasteiger charge is -2.26. The summed E-state index contributed by atoms with van der Waals surface area (Å²) in [4.78, 5) is 15.1. The Morgan fingerprint density at radius 2 is 2.00 bits per heavy atom. The van der Waals surface area contributed by atoms with Crippen molar-refractivity contribution < 1.29 is 9.90 Å². The van der Waals surface area contributed by atoms with Gasteiger partial charge in [0, 0.05) is 27.7 Å². The topological polar surface area (TPSA) is 69.2 Å². The van der Waals surface area contributed by atoms with Gasteiger partial charge in [-0.3, -0.25) is 9.89 Å². The number of aromatic amines is 1. The first kappa shape index (κ1) is 20.8. The first-order valence-electron chi connectivity index (χ1n) is 10.1. The number of halogens is 2. The van der Waals surface area contributed by atoms with Crippen LogP contribution in [0.1, 0.15) is 59.4 Å². The molecule has 0 saturated heterocycles. The highest BCUT2D eigenvalue weighted by Gasteiger charge is 2.42. The number of nitrogens with one attached hydrogen (secondary N) is 1. The third kappa shape index (κ3) is 3.57. The summed E-state index contributed by atoms with van der Waals surface area (Å²) in [5, 5.41) is 19.0. The summed E-state index contributed by atoms with van der Waals surface area (Å²) in [6.45, 7) is 4.59. The minimum atomic E-state index is -0.337. The van der Waals surface area contributed by atoms with E-state index in [2.05, 4.69) is 17.1 Å². The number of carbonyl (C=O) groups excluding carboxylic acids is 1. The number of phenols is 1. The van der Waals surface area contributed by atoms with Crippen LogP contribution in [0.15, 0.2) is 36.4 Å². The zero-order chi connectivity index (χ0) is 21.4. The van der Waals surface area contributed by atoms with E-state index in [-0.39, 0.29) is 17.7 Å². The summed E-state index contributed by atoms with van der Waals surface area (Å²) in [5.74, 6) is -0.0181. The first-order chi connectivity index (χ1) is 14.4. The number of H-pyrrole nitrogens is 1. The van der Waals surface area contributed by atoms with Gasteiger partial charge in [-0.1, -0.05) is 55.1 Å². The molecule has 156 valence electrons. The molecule has 1 aliphatic rings. The Bertz CT molecular complexity index is 1110. The average molecular weight is 444 g/mol. The molecule has 0 fully saturated rings. The number of nitrogens with zero attached hydrogens (tertiary/aromatic N) is 2. The molecular weight excluding hydrogens is 421 g/mol. The van der Waals surface area contributed by atoms with Crippen LogP contribution in [-0.4, -0.2) is 32.7 Å². The molecule has 2 aromatic carbocycles. The number of rotatable bonds is 6. The van der Waals surface area contributed by atoms with Crippen molar-refractivity contribution in [1.29, 1.82) is 0 Å². The molecule has 2 N–H and O–H groups in total. The van der Waals surface area contributed by atoms with Gasteiger partial charge >= 0.3 is 0 Å². The first-order valence-corrected chi connectivity index (χ1v) is 10.8. The molecule has 3 aromatic rings. The molecule has 7 heteroatoms. The average Bonchev–Trinajstić information content (AvgIpc) is 3.24. The van der Waals surface area contributed by atoms with Gasteiger partial charge in [0.2, 0.25) is 0 Å². The molecule has 1 aliphatic heterocycles. The maximum absolute atomic E-state index is 13.2. The molecule has 2 heterocycles. The predicted molar refractivity (Wildman–Crippen MR) is 119 cm³/mol. The lowest BCUT2D eigenvalue weighted by molar-refractivity contribution is 0.0740. The molecule has 0 bridgehead atoms. The molecule has 0 saturated carbocycles. The lowest BCUT2D eigenvalue weighted by Crippen LogP contribution is -2.30. The van der Waals surface area contributed by atoms with E-state index in [9.17, 15) is 9.90 Å². The summed E-state index contributed by atoms with van der Waals surface area (Å²) < 4.78 is 0.